The maximum Gasteiger partial charge on any atom is 0.352 e. The highest BCUT2D eigenvalue weighted by atomic mass is 32.1. The zero-order valence-electron chi connectivity index (χ0n) is 15.6. The maximum absolute atomic E-state index is 12.1. The molecule has 3 rings (SSSR count). The van der Waals surface area contributed by atoms with Crippen molar-refractivity contribution in [3.8, 4) is 5.75 Å². The molecule has 0 fully saturated rings. The van der Waals surface area contributed by atoms with Gasteiger partial charge in [-0.25, -0.2) is 4.79 Å². The van der Waals surface area contributed by atoms with E-state index >= 15 is 0 Å². The molecule has 148 valence electrons. The number of furan rings is 1. The van der Waals surface area contributed by atoms with Crippen molar-refractivity contribution in [2.24, 2.45) is 0 Å². The van der Waals surface area contributed by atoms with Crippen LogP contribution in [-0.4, -0.2) is 17.7 Å². The number of aromatic hydroxyl groups is 1. The number of carbonyl (C=O) groups is 1. The standard InChI is InChI=1S/C19H20N2O6S/c1-4-10(12-7-6-9(3)27-12)20-13-14(17(24)16(13)23)21-11-8-28-18(15(11)22)19(25)26-5-2/h6-8,10,20-22H,4-5H2,1-3H3/t10-/m1/s1. The van der Waals surface area contributed by atoms with Crippen LogP contribution >= 0.6 is 11.3 Å². The molecule has 0 aliphatic carbocycles. The number of hydrogen-bond acceptors (Lipinski definition) is 9. The molecule has 0 bridgehead atoms. The lowest BCUT2D eigenvalue weighted by Crippen LogP contribution is -2.37. The van der Waals surface area contributed by atoms with E-state index in [1.54, 1.807) is 6.92 Å². The summed E-state index contributed by atoms with van der Waals surface area (Å²) in [6.07, 6.45) is 0.627. The van der Waals surface area contributed by atoms with E-state index in [-0.39, 0.29) is 40.3 Å². The van der Waals surface area contributed by atoms with Crippen LogP contribution in [0.1, 0.15) is 47.5 Å². The zero-order valence-corrected chi connectivity index (χ0v) is 16.4. The van der Waals surface area contributed by atoms with E-state index in [1.807, 2.05) is 26.0 Å². The quantitative estimate of drug-likeness (QED) is 0.386. The minimum Gasteiger partial charge on any atom is -0.504 e. The molecule has 0 aliphatic heterocycles. The molecular formula is C19H20N2O6S. The van der Waals surface area contributed by atoms with Gasteiger partial charge in [-0.05, 0) is 32.4 Å². The number of rotatable bonds is 8. The van der Waals surface area contributed by atoms with Gasteiger partial charge in [-0.15, -0.1) is 11.3 Å². The van der Waals surface area contributed by atoms with Crippen LogP contribution in [-0.2, 0) is 4.74 Å². The summed E-state index contributed by atoms with van der Waals surface area (Å²) in [5.41, 5.74) is -1.03. The first kappa shape index (κ1) is 19.7. The topological polar surface area (TPSA) is 118 Å². The molecule has 1 aromatic carbocycles. The molecule has 2 aromatic heterocycles. The van der Waals surface area contributed by atoms with Gasteiger partial charge in [0.1, 0.15) is 22.9 Å². The molecule has 3 N–H and O–H groups in total. The van der Waals surface area contributed by atoms with E-state index in [0.717, 1.165) is 17.1 Å². The Morgan fingerprint density at radius 3 is 2.57 bits per heavy atom. The molecule has 0 radical (unpaired) electrons. The minimum atomic E-state index is -0.698. The van der Waals surface area contributed by atoms with Gasteiger partial charge in [-0.2, -0.15) is 0 Å². The molecule has 0 amide bonds. The highest BCUT2D eigenvalue weighted by molar-refractivity contribution is 7.13. The summed E-state index contributed by atoms with van der Waals surface area (Å²) in [6, 6.07) is 3.34. The maximum atomic E-state index is 12.1. The first-order valence-corrected chi connectivity index (χ1v) is 9.66. The van der Waals surface area contributed by atoms with Crippen molar-refractivity contribution >= 4 is 34.4 Å². The van der Waals surface area contributed by atoms with Crippen LogP contribution in [0, 0.1) is 6.92 Å². The van der Waals surface area contributed by atoms with Crippen LogP contribution in [0.25, 0.3) is 0 Å². The van der Waals surface area contributed by atoms with Gasteiger partial charge in [0, 0.05) is 5.38 Å². The van der Waals surface area contributed by atoms with Gasteiger partial charge in [0.25, 0.3) is 10.9 Å². The molecule has 3 aromatic rings. The zero-order chi connectivity index (χ0) is 20.4. The number of aryl methyl sites for hydroxylation is 1. The Labute approximate surface area is 164 Å². The van der Waals surface area contributed by atoms with Crippen molar-refractivity contribution in [1.29, 1.82) is 0 Å². The molecule has 0 aliphatic rings. The summed E-state index contributed by atoms with van der Waals surface area (Å²) < 4.78 is 10.5. The largest absolute Gasteiger partial charge is 0.504 e. The smallest absolute Gasteiger partial charge is 0.352 e. The van der Waals surface area contributed by atoms with Gasteiger partial charge < -0.3 is 24.9 Å². The Hall–Kier alpha value is -3.07. The Kier molecular flexibility index (Phi) is 5.55. The number of hydrogen-bond donors (Lipinski definition) is 3. The van der Waals surface area contributed by atoms with Crippen LogP contribution < -0.4 is 21.5 Å². The molecule has 28 heavy (non-hydrogen) atoms. The van der Waals surface area contributed by atoms with Gasteiger partial charge >= 0.3 is 5.97 Å². The predicted octanol–water partition coefficient (Wildman–Crippen LogP) is 3.43. The van der Waals surface area contributed by atoms with Gasteiger partial charge in [0.15, 0.2) is 10.6 Å². The first-order valence-electron chi connectivity index (χ1n) is 8.78. The van der Waals surface area contributed by atoms with Gasteiger partial charge in [-0.3, -0.25) is 9.59 Å². The normalized spacial score (nSPS) is 12.1. The number of nitrogens with one attached hydrogen (secondary N) is 2. The van der Waals surface area contributed by atoms with Gasteiger partial charge in [0.2, 0.25) is 0 Å². The lowest BCUT2D eigenvalue weighted by atomic mass is 10.1. The average molecular weight is 404 g/mol. The Bertz CT molecular complexity index is 1070. The second-order valence-electron chi connectivity index (χ2n) is 6.13. The van der Waals surface area contributed by atoms with E-state index < -0.39 is 16.8 Å². The Morgan fingerprint density at radius 1 is 1.25 bits per heavy atom. The summed E-state index contributed by atoms with van der Waals surface area (Å²) in [4.78, 5) is 35.9. The highest BCUT2D eigenvalue weighted by Crippen LogP contribution is 2.37. The van der Waals surface area contributed by atoms with E-state index in [1.165, 1.54) is 5.38 Å². The van der Waals surface area contributed by atoms with E-state index in [2.05, 4.69) is 10.6 Å². The van der Waals surface area contributed by atoms with Crippen LogP contribution in [0.3, 0.4) is 0 Å². The summed E-state index contributed by atoms with van der Waals surface area (Å²) in [6.45, 7) is 5.58. The van der Waals surface area contributed by atoms with Crippen LogP contribution in [0.15, 0.2) is 31.5 Å². The molecule has 9 heteroatoms. The number of thiophene rings is 1. The Balaban J connectivity index is 1.84. The second kappa shape index (κ2) is 7.89. The fourth-order valence-corrected chi connectivity index (χ4v) is 3.54. The van der Waals surface area contributed by atoms with Crippen LogP contribution in [0.5, 0.6) is 5.75 Å². The third kappa shape index (κ3) is 3.53. The highest BCUT2D eigenvalue weighted by Gasteiger charge is 2.27. The third-order valence-corrected chi connectivity index (χ3v) is 5.18. The summed E-state index contributed by atoms with van der Waals surface area (Å²) in [7, 11) is 0. The van der Waals surface area contributed by atoms with Crippen molar-refractivity contribution in [2.45, 2.75) is 33.2 Å². The summed E-state index contributed by atoms with van der Waals surface area (Å²) in [5, 5.41) is 17.5. The molecule has 0 saturated carbocycles. The lowest BCUT2D eigenvalue weighted by molar-refractivity contribution is 0.0529. The number of carbonyl (C=O) groups excluding carboxylic acids is 1. The lowest BCUT2D eigenvalue weighted by Gasteiger charge is -2.20. The molecule has 8 nitrogen and oxygen atoms in total. The van der Waals surface area contributed by atoms with E-state index in [9.17, 15) is 19.5 Å². The SMILES string of the molecule is CCOC(=O)c1scc(Nc2c(N[C@H](CC)c3ccc(C)o3)c(=O)c2=O)c1O. The van der Waals surface area contributed by atoms with Gasteiger partial charge in [0.05, 0.1) is 18.3 Å². The van der Waals surface area contributed by atoms with E-state index in [0.29, 0.717) is 12.2 Å². The number of esters is 1. The van der Waals surface area contributed by atoms with Crippen molar-refractivity contribution in [1.82, 2.24) is 0 Å². The van der Waals surface area contributed by atoms with Crippen molar-refractivity contribution in [3.05, 3.63) is 54.4 Å². The fourth-order valence-electron chi connectivity index (χ4n) is 2.75. The van der Waals surface area contributed by atoms with Crippen molar-refractivity contribution in [3.63, 3.8) is 0 Å². The summed E-state index contributed by atoms with van der Waals surface area (Å²) >= 11 is 0.981. The molecule has 0 unspecified atom stereocenters. The third-order valence-electron chi connectivity index (χ3n) is 4.23. The first-order chi connectivity index (χ1) is 13.4. The number of anilines is 3. The van der Waals surface area contributed by atoms with Gasteiger partial charge in [-0.1, -0.05) is 6.92 Å². The molecule has 0 saturated heterocycles. The van der Waals surface area contributed by atoms with Crippen LogP contribution in [0.4, 0.5) is 17.1 Å². The van der Waals surface area contributed by atoms with Crippen LogP contribution in [0.2, 0.25) is 0 Å². The van der Waals surface area contributed by atoms with Crippen molar-refractivity contribution < 1.29 is 19.1 Å². The molecule has 2 heterocycles. The van der Waals surface area contributed by atoms with Crippen molar-refractivity contribution in [2.75, 3.05) is 17.2 Å². The second-order valence-corrected chi connectivity index (χ2v) is 7.01. The average Bonchev–Trinajstić information content (AvgIpc) is 3.27. The minimum absolute atomic E-state index is 0.0232. The van der Waals surface area contributed by atoms with E-state index in [4.69, 9.17) is 9.15 Å². The number of ether oxygens (including phenoxy) is 1. The molecule has 0 spiro atoms. The monoisotopic (exact) mass is 404 g/mol. The molecular weight excluding hydrogens is 384 g/mol. The Morgan fingerprint density at radius 2 is 1.96 bits per heavy atom. The molecule has 1 atom stereocenters. The fraction of sp³-hybridized carbons (Fsp3) is 0.316. The predicted molar refractivity (Wildman–Crippen MR) is 107 cm³/mol. The summed E-state index contributed by atoms with van der Waals surface area (Å²) in [5.74, 6) is 0.423.